The Morgan fingerprint density at radius 1 is 1.48 bits per heavy atom. The molecule has 0 aromatic heterocycles. The molecule has 0 aromatic rings. The van der Waals surface area contributed by atoms with E-state index in [9.17, 15) is 4.79 Å². The molecule has 2 rings (SSSR count). The van der Waals surface area contributed by atoms with Gasteiger partial charge in [0.25, 0.3) is 0 Å². The first-order chi connectivity index (χ1) is 9.95. The molecular formula is C17H24ClN2O+. The van der Waals surface area contributed by atoms with Crippen molar-refractivity contribution in [1.82, 2.24) is 5.32 Å². The Labute approximate surface area is 132 Å². The average Bonchev–Trinajstić information content (AvgIpc) is 2.54. The highest BCUT2D eigenvalue weighted by Crippen LogP contribution is 2.41. The van der Waals surface area contributed by atoms with Gasteiger partial charge < -0.3 is 5.32 Å². The smallest absolute Gasteiger partial charge is 0.306 e. The first-order valence-electron chi connectivity index (χ1n) is 7.59. The normalized spacial score (nSPS) is 28.5. The van der Waals surface area contributed by atoms with Crippen molar-refractivity contribution >= 4 is 17.5 Å². The quantitative estimate of drug-likeness (QED) is 0.789. The number of nitrogens with zero attached hydrogens (tertiary/aromatic N) is 1. The molecule has 2 atom stereocenters. The van der Waals surface area contributed by atoms with E-state index in [1.165, 1.54) is 5.57 Å². The van der Waals surface area contributed by atoms with E-state index in [1.54, 1.807) is 0 Å². The highest BCUT2D eigenvalue weighted by Gasteiger charge is 2.42. The first kappa shape index (κ1) is 16.1. The lowest BCUT2D eigenvalue weighted by Gasteiger charge is -2.35. The molecule has 0 spiro atoms. The minimum Gasteiger partial charge on any atom is -0.348 e. The molecule has 0 aliphatic carbocycles. The number of hydrogen-bond donors (Lipinski definition) is 1. The van der Waals surface area contributed by atoms with Gasteiger partial charge in [-0.15, -0.1) is 0 Å². The number of carbonyl (C=O) groups is 1. The zero-order valence-electron chi connectivity index (χ0n) is 13.2. The van der Waals surface area contributed by atoms with Gasteiger partial charge in [-0.3, -0.25) is 4.79 Å². The van der Waals surface area contributed by atoms with Crippen molar-refractivity contribution in [1.29, 1.82) is 0 Å². The van der Waals surface area contributed by atoms with E-state index >= 15 is 0 Å². The fourth-order valence-electron chi connectivity index (χ4n) is 3.25. The third kappa shape index (κ3) is 2.72. The summed E-state index contributed by atoms with van der Waals surface area (Å²) in [5, 5.41) is 3.68. The minimum absolute atomic E-state index is 0.00696. The highest BCUT2D eigenvalue weighted by atomic mass is 35.5. The van der Waals surface area contributed by atoms with E-state index in [4.69, 9.17) is 11.6 Å². The van der Waals surface area contributed by atoms with Crippen LogP contribution >= 0.6 is 11.6 Å². The molecule has 0 aromatic carbocycles. The molecule has 114 valence electrons. The van der Waals surface area contributed by atoms with Crippen molar-refractivity contribution in [3.8, 4) is 0 Å². The maximum absolute atomic E-state index is 12.7. The van der Waals surface area contributed by atoms with Crippen LogP contribution in [0.4, 0.5) is 0 Å². The molecule has 2 heterocycles. The van der Waals surface area contributed by atoms with Crippen molar-refractivity contribution in [3.05, 3.63) is 46.4 Å². The second-order valence-corrected chi connectivity index (χ2v) is 6.15. The molecule has 2 aliphatic heterocycles. The van der Waals surface area contributed by atoms with Gasteiger partial charge in [0, 0.05) is 12.1 Å². The van der Waals surface area contributed by atoms with Crippen molar-refractivity contribution < 1.29 is 9.28 Å². The molecule has 0 fully saturated rings. The summed E-state index contributed by atoms with van der Waals surface area (Å²) in [4.78, 5) is 12.7. The first-order valence-corrected chi connectivity index (χ1v) is 7.97. The predicted octanol–water partition coefficient (Wildman–Crippen LogP) is 3.81. The SMILES string of the molecule is CCNC(=O)C1=C(CC)C(C)CC=C2C(Cl)=CC=C[N+]21C. The Hall–Kier alpha value is -1.32. The van der Waals surface area contributed by atoms with Crippen molar-refractivity contribution in [3.63, 3.8) is 0 Å². The number of amides is 1. The summed E-state index contributed by atoms with van der Waals surface area (Å²) < 4.78 is 0.356. The maximum atomic E-state index is 12.7. The summed E-state index contributed by atoms with van der Waals surface area (Å²) in [7, 11) is 2.04. The Balaban J connectivity index is 2.67. The fraction of sp³-hybridized carbons (Fsp3) is 0.471. The third-order valence-corrected chi connectivity index (χ3v) is 4.65. The molecular weight excluding hydrogens is 284 g/mol. The van der Waals surface area contributed by atoms with Crippen LogP contribution in [0.25, 0.3) is 0 Å². The zero-order chi connectivity index (χ0) is 15.6. The van der Waals surface area contributed by atoms with Gasteiger partial charge in [0.05, 0.1) is 7.05 Å². The average molecular weight is 308 g/mol. The largest absolute Gasteiger partial charge is 0.348 e. The molecule has 1 N–H and O–H groups in total. The topological polar surface area (TPSA) is 29.1 Å². The van der Waals surface area contributed by atoms with Crippen LogP contribution in [0.1, 0.15) is 33.6 Å². The van der Waals surface area contributed by atoms with Gasteiger partial charge in [0.15, 0.2) is 5.70 Å². The summed E-state index contributed by atoms with van der Waals surface area (Å²) in [5.74, 6) is 0.353. The number of likely N-dealkylation sites (N-methyl/N-ethyl adjacent to an activating group) is 2. The number of quaternary nitrogens is 1. The minimum atomic E-state index is 0.00696. The molecule has 2 unspecified atom stereocenters. The fourth-order valence-corrected chi connectivity index (χ4v) is 3.57. The van der Waals surface area contributed by atoms with Crippen LogP contribution in [-0.2, 0) is 4.79 Å². The standard InChI is InChI=1S/C17H23ClN2O/c1-5-13-12(3)9-10-15-14(18)8-7-11-20(15,4)16(13)17(21)19-6-2/h7-8,10-12H,5-6,9H2,1-4H3/p+1. The van der Waals surface area contributed by atoms with Crippen LogP contribution in [0.2, 0.25) is 0 Å². The van der Waals surface area contributed by atoms with Gasteiger partial charge in [-0.25, -0.2) is 4.48 Å². The van der Waals surface area contributed by atoms with E-state index < -0.39 is 0 Å². The van der Waals surface area contributed by atoms with Crippen LogP contribution in [0.3, 0.4) is 0 Å². The Morgan fingerprint density at radius 2 is 2.19 bits per heavy atom. The molecule has 21 heavy (non-hydrogen) atoms. The Kier molecular flexibility index (Phi) is 4.74. The number of nitrogens with one attached hydrogen (secondary N) is 1. The molecule has 3 nitrogen and oxygen atoms in total. The molecule has 0 radical (unpaired) electrons. The second kappa shape index (κ2) is 6.20. The monoisotopic (exact) mass is 307 g/mol. The van der Waals surface area contributed by atoms with Crippen LogP contribution in [-0.4, -0.2) is 24.0 Å². The lowest BCUT2D eigenvalue weighted by atomic mass is 9.93. The van der Waals surface area contributed by atoms with Gasteiger partial charge in [0.2, 0.25) is 5.70 Å². The number of rotatable bonds is 3. The van der Waals surface area contributed by atoms with E-state index in [-0.39, 0.29) is 5.91 Å². The van der Waals surface area contributed by atoms with E-state index in [1.807, 2.05) is 32.3 Å². The maximum Gasteiger partial charge on any atom is 0.306 e. The number of hydrogen-bond acceptors (Lipinski definition) is 1. The molecule has 0 saturated carbocycles. The van der Waals surface area contributed by atoms with Crippen LogP contribution in [0.15, 0.2) is 46.4 Å². The third-order valence-electron chi connectivity index (χ3n) is 4.33. The molecule has 0 saturated heterocycles. The Bertz CT molecular complexity index is 571. The summed E-state index contributed by atoms with van der Waals surface area (Å²) in [6, 6.07) is 0. The van der Waals surface area contributed by atoms with Crippen molar-refractivity contribution in [2.24, 2.45) is 5.92 Å². The summed E-state index contributed by atoms with van der Waals surface area (Å²) >= 11 is 6.41. The number of halogens is 1. The molecule has 0 bridgehead atoms. The van der Waals surface area contributed by atoms with Gasteiger partial charge in [-0.2, -0.15) is 0 Å². The lowest BCUT2D eigenvalue weighted by Crippen LogP contribution is -2.45. The van der Waals surface area contributed by atoms with E-state index in [2.05, 4.69) is 25.2 Å². The number of allylic oxidation sites excluding steroid dienone is 5. The second-order valence-electron chi connectivity index (χ2n) is 5.74. The van der Waals surface area contributed by atoms with Gasteiger partial charge in [-0.1, -0.05) is 25.4 Å². The zero-order valence-corrected chi connectivity index (χ0v) is 14.0. The lowest BCUT2D eigenvalue weighted by molar-refractivity contribution is -0.773. The van der Waals surface area contributed by atoms with Crippen molar-refractivity contribution in [2.45, 2.75) is 33.6 Å². The molecule has 4 heteroatoms. The van der Waals surface area contributed by atoms with Crippen LogP contribution in [0, 0.1) is 5.92 Å². The molecule has 1 amide bonds. The van der Waals surface area contributed by atoms with Gasteiger partial charge in [0.1, 0.15) is 11.2 Å². The summed E-state index contributed by atoms with van der Waals surface area (Å²) in [6.07, 6.45) is 9.82. The van der Waals surface area contributed by atoms with Crippen LogP contribution < -0.4 is 5.32 Å². The van der Waals surface area contributed by atoms with E-state index in [0.29, 0.717) is 22.0 Å². The predicted molar refractivity (Wildman–Crippen MR) is 87.1 cm³/mol. The van der Waals surface area contributed by atoms with E-state index in [0.717, 1.165) is 24.2 Å². The van der Waals surface area contributed by atoms with Gasteiger partial charge in [-0.05, 0) is 43.9 Å². The molecule has 2 aliphatic rings. The number of carbonyl (C=O) groups excluding carboxylic acids is 1. The Morgan fingerprint density at radius 3 is 2.81 bits per heavy atom. The van der Waals surface area contributed by atoms with Crippen molar-refractivity contribution in [2.75, 3.05) is 13.6 Å². The summed E-state index contributed by atoms with van der Waals surface area (Å²) in [5.41, 5.74) is 3.03. The number of fused-ring (bicyclic) bond motifs is 1. The van der Waals surface area contributed by atoms with Gasteiger partial charge >= 0.3 is 5.91 Å². The summed E-state index contributed by atoms with van der Waals surface area (Å²) in [6.45, 7) is 6.87. The van der Waals surface area contributed by atoms with Crippen LogP contribution in [0.5, 0.6) is 0 Å². The highest BCUT2D eigenvalue weighted by molar-refractivity contribution is 6.32.